The van der Waals surface area contributed by atoms with Crippen LogP contribution in [0.25, 0.3) is 10.8 Å². The second-order valence-electron chi connectivity index (χ2n) is 4.58. The van der Waals surface area contributed by atoms with E-state index in [4.69, 9.17) is 16.3 Å². The van der Waals surface area contributed by atoms with E-state index >= 15 is 0 Å². The second kappa shape index (κ2) is 6.41. The zero-order valence-electron chi connectivity index (χ0n) is 11.5. The van der Waals surface area contributed by atoms with Gasteiger partial charge in [0.25, 0.3) is 5.91 Å². The van der Waals surface area contributed by atoms with E-state index in [1.165, 1.54) is 0 Å². The molecule has 1 N–H and O–H groups in total. The van der Waals surface area contributed by atoms with Crippen LogP contribution in [0.1, 0.15) is 0 Å². The molecule has 1 heterocycles. The third-order valence-corrected chi connectivity index (χ3v) is 3.26. The zero-order valence-corrected chi connectivity index (χ0v) is 12.2. The van der Waals surface area contributed by atoms with Crippen LogP contribution in [-0.4, -0.2) is 22.7 Å². The van der Waals surface area contributed by atoms with E-state index in [1.54, 1.807) is 30.5 Å². The summed E-state index contributed by atoms with van der Waals surface area (Å²) in [5.41, 5.74) is 0.655. The summed E-state index contributed by atoms with van der Waals surface area (Å²) in [5, 5.41) is 12.8. The van der Waals surface area contributed by atoms with Gasteiger partial charge in [-0.1, -0.05) is 29.8 Å². The van der Waals surface area contributed by atoms with Gasteiger partial charge in [0, 0.05) is 21.5 Å². The minimum Gasteiger partial charge on any atom is -0.466 e. The summed E-state index contributed by atoms with van der Waals surface area (Å²) >= 11 is 5.79. The molecular formula is C16H12ClN3O2. The highest BCUT2D eigenvalue weighted by Gasteiger charge is 2.08. The summed E-state index contributed by atoms with van der Waals surface area (Å²) in [6, 6.07) is 14.4. The lowest BCUT2D eigenvalue weighted by Crippen LogP contribution is -2.20. The first-order chi connectivity index (χ1) is 10.7. The van der Waals surface area contributed by atoms with Crippen molar-refractivity contribution in [2.75, 3.05) is 11.9 Å². The molecule has 0 saturated heterocycles. The number of carbonyl (C=O) groups excluding carboxylic acids is 1. The molecule has 110 valence electrons. The van der Waals surface area contributed by atoms with Crippen LogP contribution >= 0.6 is 11.6 Å². The van der Waals surface area contributed by atoms with Crippen LogP contribution in [0.5, 0.6) is 5.88 Å². The van der Waals surface area contributed by atoms with Crippen LogP contribution in [0.2, 0.25) is 5.02 Å². The number of ether oxygens (including phenoxy) is 1. The molecule has 6 heteroatoms. The number of amides is 1. The fourth-order valence-electron chi connectivity index (χ4n) is 1.97. The Morgan fingerprint density at radius 2 is 1.91 bits per heavy atom. The van der Waals surface area contributed by atoms with Crippen LogP contribution in [0.4, 0.5) is 5.69 Å². The van der Waals surface area contributed by atoms with Gasteiger partial charge in [-0.15, -0.1) is 5.10 Å². The van der Waals surface area contributed by atoms with Gasteiger partial charge in [0.05, 0.1) is 6.20 Å². The predicted octanol–water partition coefficient (Wildman–Crippen LogP) is 3.30. The summed E-state index contributed by atoms with van der Waals surface area (Å²) in [6.07, 6.45) is 1.65. The molecule has 0 aliphatic rings. The summed E-state index contributed by atoms with van der Waals surface area (Å²) < 4.78 is 5.47. The minimum atomic E-state index is -0.281. The Hall–Kier alpha value is -2.66. The third-order valence-electron chi connectivity index (χ3n) is 3.00. The van der Waals surface area contributed by atoms with Crippen LogP contribution in [0, 0.1) is 0 Å². The highest BCUT2D eigenvalue weighted by Crippen LogP contribution is 2.21. The second-order valence-corrected chi connectivity index (χ2v) is 5.02. The van der Waals surface area contributed by atoms with Gasteiger partial charge in [-0.2, -0.15) is 5.10 Å². The number of benzene rings is 2. The number of halogens is 1. The van der Waals surface area contributed by atoms with Gasteiger partial charge in [-0.3, -0.25) is 4.79 Å². The molecule has 0 aliphatic carbocycles. The van der Waals surface area contributed by atoms with Crippen LogP contribution in [-0.2, 0) is 4.79 Å². The van der Waals surface area contributed by atoms with E-state index < -0.39 is 0 Å². The van der Waals surface area contributed by atoms with E-state index in [9.17, 15) is 4.79 Å². The number of anilines is 1. The lowest BCUT2D eigenvalue weighted by molar-refractivity contribution is -0.118. The van der Waals surface area contributed by atoms with E-state index in [1.807, 2.05) is 24.3 Å². The maximum Gasteiger partial charge on any atom is 0.262 e. The molecule has 0 fully saturated rings. The first-order valence-electron chi connectivity index (χ1n) is 6.61. The van der Waals surface area contributed by atoms with Crippen molar-refractivity contribution in [1.82, 2.24) is 10.2 Å². The van der Waals surface area contributed by atoms with Gasteiger partial charge in [0.2, 0.25) is 5.88 Å². The standard InChI is InChI=1S/C16H12ClN3O2/c17-12-5-7-13(8-6-12)19-15(21)10-22-16-14-4-2-1-3-11(14)9-18-20-16/h1-9H,10H2,(H,19,21). The van der Waals surface area contributed by atoms with Crippen LogP contribution in [0.3, 0.4) is 0 Å². The average molecular weight is 314 g/mol. The molecule has 1 amide bonds. The Labute approximate surface area is 131 Å². The van der Waals surface area contributed by atoms with Gasteiger partial charge in [-0.25, -0.2) is 0 Å². The summed E-state index contributed by atoms with van der Waals surface area (Å²) in [7, 11) is 0. The van der Waals surface area contributed by atoms with Gasteiger partial charge in [-0.05, 0) is 30.3 Å². The number of nitrogens with one attached hydrogen (secondary N) is 1. The third kappa shape index (κ3) is 3.32. The number of aromatic nitrogens is 2. The zero-order chi connectivity index (χ0) is 15.4. The normalized spacial score (nSPS) is 10.4. The Morgan fingerprint density at radius 1 is 1.14 bits per heavy atom. The molecule has 3 aromatic rings. The number of fused-ring (bicyclic) bond motifs is 1. The molecule has 0 atom stereocenters. The number of rotatable bonds is 4. The van der Waals surface area contributed by atoms with E-state index in [2.05, 4.69) is 15.5 Å². The quantitative estimate of drug-likeness (QED) is 0.802. The maximum absolute atomic E-state index is 11.9. The van der Waals surface area contributed by atoms with Gasteiger partial charge in [0.15, 0.2) is 6.61 Å². The molecule has 0 bridgehead atoms. The Kier molecular flexibility index (Phi) is 4.16. The number of nitrogens with zero attached hydrogens (tertiary/aromatic N) is 2. The summed E-state index contributed by atoms with van der Waals surface area (Å²) in [4.78, 5) is 11.9. The topological polar surface area (TPSA) is 64.1 Å². The SMILES string of the molecule is O=C(COc1nncc2ccccc12)Nc1ccc(Cl)cc1. The lowest BCUT2D eigenvalue weighted by atomic mass is 10.2. The molecule has 0 saturated carbocycles. The molecular weight excluding hydrogens is 302 g/mol. The Morgan fingerprint density at radius 3 is 2.73 bits per heavy atom. The Balaban J connectivity index is 1.66. The van der Waals surface area contributed by atoms with E-state index in [0.717, 1.165) is 10.8 Å². The summed E-state index contributed by atoms with van der Waals surface area (Å²) in [6.45, 7) is -0.148. The van der Waals surface area contributed by atoms with Crippen LogP contribution in [0.15, 0.2) is 54.7 Å². The lowest BCUT2D eigenvalue weighted by Gasteiger charge is -2.08. The average Bonchev–Trinajstić information content (AvgIpc) is 2.55. The van der Waals surface area contributed by atoms with Crippen molar-refractivity contribution < 1.29 is 9.53 Å². The Bertz CT molecular complexity index is 801. The number of hydrogen-bond donors (Lipinski definition) is 1. The van der Waals surface area contributed by atoms with Crippen molar-refractivity contribution in [3.8, 4) is 5.88 Å². The summed E-state index contributed by atoms with van der Waals surface area (Å²) in [5.74, 6) is 0.0569. The smallest absolute Gasteiger partial charge is 0.262 e. The van der Waals surface area contributed by atoms with E-state index in [0.29, 0.717) is 16.6 Å². The highest BCUT2D eigenvalue weighted by atomic mass is 35.5. The maximum atomic E-state index is 11.9. The number of hydrogen-bond acceptors (Lipinski definition) is 4. The molecule has 5 nitrogen and oxygen atoms in total. The first kappa shape index (κ1) is 14.3. The molecule has 0 aliphatic heterocycles. The fourth-order valence-corrected chi connectivity index (χ4v) is 2.10. The monoisotopic (exact) mass is 313 g/mol. The molecule has 0 radical (unpaired) electrons. The molecule has 0 unspecified atom stereocenters. The van der Waals surface area contributed by atoms with Gasteiger partial charge in [0.1, 0.15) is 0 Å². The van der Waals surface area contributed by atoms with Gasteiger partial charge < -0.3 is 10.1 Å². The van der Waals surface area contributed by atoms with Crippen molar-refractivity contribution in [3.63, 3.8) is 0 Å². The fraction of sp³-hybridized carbons (Fsp3) is 0.0625. The highest BCUT2D eigenvalue weighted by molar-refractivity contribution is 6.30. The van der Waals surface area contributed by atoms with Crippen molar-refractivity contribution in [2.24, 2.45) is 0 Å². The van der Waals surface area contributed by atoms with Crippen molar-refractivity contribution in [3.05, 3.63) is 59.8 Å². The molecule has 0 spiro atoms. The van der Waals surface area contributed by atoms with Gasteiger partial charge >= 0.3 is 0 Å². The van der Waals surface area contributed by atoms with Crippen molar-refractivity contribution in [2.45, 2.75) is 0 Å². The molecule has 3 rings (SSSR count). The minimum absolute atomic E-state index is 0.148. The van der Waals surface area contributed by atoms with Crippen molar-refractivity contribution in [1.29, 1.82) is 0 Å². The number of carbonyl (C=O) groups is 1. The van der Waals surface area contributed by atoms with Crippen molar-refractivity contribution >= 4 is 34.0 Å². The molecule has 1 aromatic heterocycles. The largest absolute Gasteiger partial charge is 0.466 e. The van der Waals surface area contributed by atoms with Crippen LogP contribution < -0.4 is 10.1 Å². The van der Waals surface area contributed by atoms with E-state index in [-0.39, 0.29) is 12.5 Å². The predicted molar refractivity (Wildman–Crippen MR) is 85.1 cm³/mol. The molecule has 2 aromatic carbocycles. The first-order valence-corrected chi connectivity index (χ1v) is 6.99. The molecule has 22 heavy (non-hydrogen) atoms.